The van der Waals surface area contributed by atoms with E-state index in [-0.39, 0.29) is 10.8 Å². The number of benzene rings is 1. The van der Waals surface area contributed by atoms with Crippen LogP contribution in [0.1, 0.15) is 42.7 Å². The van der Waals surface area contributed by atoms with E-state index in [1.165, 1.54) is 9.87 Å². The Kier molecular flexibility index (Phi) is 5.51. The zero-order valence-corrected chi connectivity index (χ0v) is 19.0. The normalized spacial score (nSPS) is 20.8. The molecule has 8 heteroatoms. The van der Waals surface area contributed by atoms with Gasteiger partial charge in [-0.1, -0.05) is 17.7 Å². The van der Waals surface area contributed by atoms with Gasteiger partial charge < -0.3 is 9.88 Å². The number of nitrogens with zero attached hydrogens (tertiary/aromatic N) is 3. The number of aryl methyl sites for hydroxylation is 1. The molecule has 7 nitrogen and oxygen atoms in total. The van der Waals surface area contributed by atoms with Crippen LogP contribution in [-0.4, -0.2) is 59.2 Å². The van der Waals surface area contributed by atoms with Crippen molar-refractivity contribution in [2.24, 2.45) is 0 Å². The number of aromatic amines is 1. The molecule has 2 fully saturated rings. The van der Waals surface area contributed by atoms with Crippen molar-refractivity contribution in [2.75, 3.05) is 19.6 Å². The number of piperidine rings is 1. The Bertz CT molecular complexity index is 1230. The molecule has 0 spiro atoms. The van der Waals surface area contributed by atoms with E-state index in [0.717, 1.165) is 29.4 Å². The van der Waals surface area contributed by atoms with Crippen molar-refractivity contribution in [3.05, 3.63) is 59.9 Å². The average Bonchev–Trinajstić information content (AvgIpc) is 3.47. The van der Waals surface area contributed by atoms with Gasteiger partial charge in [0.15, 0.2) is 0 Å². The minimum absolute atomic E-state index is 0.0581. The lowest BCUT2D eigenvalue weighted by Gasteiger charge is -2.35. The molecule has 4 heterocycles. The molecule has 0 unspecified atom stereocenters. The van der Waals surface area contributed by atoms with Crippen LogP contribution in [0, 0.1) is 6.92 Å². The van der Waals surface area contributed by atoms with Gasteiger partial charge in [0.25, 0.3) is 0 Å². The number of sulfonamides is 1. The van der Waals surface area contributed by atoms with E-state index in [1.54, 1.807) is 30.5 Å². The van der Waals surface area contributed by atoms with Gasteiger partial charge in [-0.3, -0.25) is 4.79 Å². The summed E-state index contributed by atoms with van der Waals surface area (Å²) in [5.74, 6) is 0.310. The third kappa shape index (κ3) is 3.71. The van der Waals surface area contributed by atoms with Gasteiger partial charge in [-0.15, -0.1) is 0 Å². The Hall–Kier alpha value is -2.71. The van der Waals surface area contributed by atoms with Crippen LogP contribution in [0.4, 0.5) is 0 Å². The number of nitrogens with one attached hydrogen (secondary N) is 1. The lowest BCUT2D eigenvalue weighted by molar-refractivity contribution is -0.135. The van der Waals surface area contributed by atoms with Crippen molar-refractivity contribution < 1.29 is 13.2 Å². The molecule has 3 aromatic rings. The Balaban J connectivity index is 1.29. The minimum atomic E-state index is -3.68. The summed E-state index contributed by atoms with van der Waals surface area (Å²) in [7, 11) is -3.68. The first-order valence-electron chi connectivity index (χ1n) is 11.2. The standard InChI is InChI=1S/C24H28N4O3S/c1-17-6-8-19(9-7-17)32(30,31)28-13-3-5-22(28)24(29)27-14-10-18(11-15-27)21-16-26-23-20(21)4-2-12-25-23/h2,4,6-9,12,16,18,22H,3,5,10-11,13-15H2,1H3,(H,25,26)/t22-/m0/s1. The Labute approximate surface area is 188 Å². The van der Waals surface area contributed by atoms with Crippen LogP contribution in [0.2, 0.25) is 0 Å². The molecule has 2 aromatic heterocycles. The SMILES string of the molecule is Cc1ccc(S(=O)(=O)N2CCC[C@H]2C(=O)N2CCC(c3c[nH]c4ncccc34)CC2)cc1. The maximum atomic E-state index is 13.4. The lowest BCUT2D eigenvalue weighted by atomic mass is 9.89. The number of H-pyrrole nitrogens is 1. The fourth-order valence-corrected chi connectivity index (χ4v) is 6.71. The average molecular weight is 453 g/mol. The fraction of sp³-hybridized carbons (Fsp3) is 0.417. The third-order valence-electron chi connectivity index (χ3n) is 6.85. The van der Waals surface area contributed by atoms with Gasteiger partial charge in [0.2, 0.25) is 15.9 Å². The zero-order chi connectivity index (χ0) is 22.3. The number of likely N-dealkylation sites (tertiary alicyclic amines) is 1. The van der Waals surface area contributed by atoms with E-state index < -0.39 is 16.1 Å². The second-order valence-corrected chi connectivity index (χ2v) is 10.7. The number of rotatable bonds is 4. The lowest BCUT2D eigenvalue weighted by Crippen LogP contribution is -2.49. The highest BCUT2D eigenvalue weighted by atomic mass is 32.2. The van der Waals surface area contributed by atoms with Crippen LogP contribution in [0.25, 0.3) is 11.0 Å². The molecule has 0 aliphatic carbocycles. The molecule has 1 N–H and O–H groups in total. The number of fused-ring (bicyclic) bond motifs is 1. The predicted octanol–water partition coefficient (Wildman–Crippen LogP) is 3.43. The maximum Gasteiger partial charge on any atom is 0.243 e. The first kappa shape index (κ1) is 21.2. The number of aromatic nitrogens is 2. The first-order valence-corrected chi connectivity index (χ1v) is 12.7. The van der Waals surface area contributed by atoms with Gasteiger partial charge in [0, 0.05) is 37.4 Å². The zero-order valence-electron chi connectivity index (χ0n) is 18.2. The summed E-state index contributed by atoms with van der Waals surface area (Å²) in [5.41, 5.74) is 3.15. The topological polar surface area (TPSA) is 86.4 Å². The highest BCUT2D eigenvalue weighted by molar-refractivity contribution is 7.89. The van der Waals surface area contributed by atoms with Crippen molar-refractivity contribution >= 4 is 27.0 Å². The molecule has 0 radical (unpaired) electrons. The van der Waals surface area contributed by atoms with Crippen molar-refractivity contribution in [1.29, 1.82) is 0 Å². The first-order chi connectivity index (χ1) is 15.4. The monoisotopic (exact) mass is 452 g/mol. The smallest absolute Gasteiger partial charge is 0.243 e. The van der Waals surface area contributed by atoms with Crippen LogP contribution in [0.3, 0.4) is 0 Å². The second kappa shape index (κ2) is 8.33. The Morgan fingerprint density at radius 3 is 2.56 bits per heavy atom. The highest BCUT2D eigenvalue weighted by Gasteiger charge is 2.41. The van der Waals surface area contributed by atoms with Gasteiger partial charge in [-0.2, -0.15) is 4.31 Å². The molecule has 2 aliphatic rings. The highest BCUT2D eigenvalue weighted by Crippen LogP contribution is 2.34. The van der Waals surface area contributed by atoms with E-state index in [1.807, 2.05) is 24.1 Å². The summed E-state index contributed by atoms with van der Waals surface area (Å²) in [6.45, 7) is 3.61. The largest absolute Gasteiger partial charge is 0.346 e. The maximum absolute atomic E-state index is 13.4. The molecule has 0 bridgehead atoms. The number of hydrogen-bond acceptors (Lipinski definition) is 4. The van der Waals surface area contributed by atoms with Crippen molar-refractivity contribution in [3.63, 3.8) is 0 Å². The molecule has 32 heavy (non-hydrogen) atoms. The summed E-state index contributed by atoms with van der Waals surface area (Å²) < 4.78 is 27.9. The Morgan fingerprint density at radius 1 is 1.06 bits per heavy atom. The molecule has 5 rings (SSSR count). The molecule has 2 saturated heterocycles. The van der Waals surface area contributed by atoms with E-state index in [9.17, 15) is 13.2 Å². The number of pyridine rings is 1. The van der Waals surface area contributed by atoms with Gasteiger partial charge in [-0.25, -0.2) is 13.4 Å². The molecule has 2 aliphatic heterocycles. The van der Waals surface area contributed by atoms with E-state index in [2.05, 4.69) is 16.0 Å². The number of amides is 1. The van der Waals surface area contributed by atoms with Crippen LogP contribution < -0.4 is 0 Å². The van der Waals surface area contributed by atoms with E-state index in [0.29, 0.717) is 38.4 Å². The van der Waals surface area contributed by atoms with Crippen LogP contribution >= 0.6 is 0 Å². The van der Waals surface area contributed by atoms with E-state index in [4.69, 9.17) is 0 Å². The van der Waals surface area contributed by atoms with Crippen LogP contribution in [0.15, 0.2) is 53.7 Å². The van der Waals surface area contributed by atoms with Crippen LogP contribution in [-0.2, 0) is 14.8 Å². The van der Waals surface area contributed by atoms with Gasteiger partial charge >= 0.3 is 0 Å². The number of carbonyl (C=O) groups excluding carboxylic acids is 1. The Morgan fingerprint density at radius 2 is 1.81 bits per heavy atom. The van der Waals surface area contributed by atoms with Crippen LogP contribution in [0.5, 0.6) is 0 Å². The predicted molar refractivity (Wildman–Crippen MR) is 123 cm³/mol. The summed E-state index contributed by atoms with van der Waals surface area (Å²) >= 11 is 0. The number of hydrogen-bond donors (Lipinski definition) is 1. The molecule has 1 amide bonds. The van der Waals surface area contributed by atoms with Crippen molar-refractivity contribution in [3.8, 4) is 0 Å². The summed E-state index contributed by atoms with van der Waals surface area (Å²) in [5, 5.41) is 1.14. The molecule has 168 valence electrons. The van der Waals surface area contributed by atoms with Gasteiger partial charge in [0.05, 0.1) is 4.90 Å². The quantitative estimate of drug-likeness (QED) is 0.657. The number of carbonyl (C=O) groups is 1. The van der Waals surface area contributed by atoms with Gasteiger partial charge in [-0.05, 0) is 68.4 Å². The summed E-state index contributed by atoms with van der Waals surface area (Å²) in [6, 6.07) is 10.3. The van der Waals surface area contributed by atoms with Crippen molar-refractivity contribution in [2.45, 2.75) is 49.5 Å². The third-order valence-corrected chi connectivity index (χ3v) is 8.77. The molecule has 0 saturated carbocycles. The summed E-state index contributed by atoms with van der Waals surface area (Å²) in [4.78, 5) is 23.1. The molecule has 1 atom stereocenters. The fourth-order valence-electron chi connectivity index (χ4n) is 5.06. The summed E-state index contributed by atoms with van der Waals surface area (Å²) in [6.07, 6.45) is 6.84. The second-order valence-electron chi connectivity index (χ2n) is 8.83. The van der Waals surface area contributed by atoms with Crippen molar-refractivity contribution in [1.82, 2.24) is 19.2 Å². The molecule has 1 aromatic carbocycles. The van der Waals surface area contributed by atoms with Gasteiger partial charge in [0.1, 0.15) is 11.7 Å². The molecular weight excluding hydrogens is 424 g/mol. The molecular formula is C24H28N4O3S. The minimum Gasteiger partial charge on any atom is -0.346 e. The van der Waals surface area contributed by atoms with E-state index >= 15 is 0 Å².